The van der Waals surface area contributed by atoms with Gasteiger partial charge in [-0.1, -0.05) is 24.3 Å². The number of benzene rings is 2. The Kier molecular flexibility index (Phi) is 11.3. The highest BCUT2D eigenvalue weighted by Gasteiger charge is 2.38. The van der Waals surface area contributed by atoms with Crippen LogP contribution in [0.15, 0.2) is 42.5 Å². The molecule has 38 heavy (non-hydrogen) atoms. The van der Waals surface area contributed by atoms with Crippen LogP contribution in [0.3, 0.4) is 0 Å². The van der Waals surface area contributed by atoms with E-state index in [2.05, 4.69) is 10.6 Å². The lowest BCUT2D eigenvalue weighted by atomic mass is 9.95. The molecule has 1 atom stereocenters. The number of halogens is 3. The minimum atomic E-state index is -5.08. The average molecular weight is 538 g/mol. The number of carbonyl (C=O) groups excluding carboxylic acids is 2. The molecule has 0 spiro atoms. The number of aliphatic carboxylic acids is 2. The van der Waals surface area contributed by atoms with E-state index in [1.165, 1.54) is 11.1 Å². The average Bonchev–Trinajstić information content (AvgIpc) is 3.32. The maximum Gasteiger partial charge on any atom is 0.490 e. The Hall–Kier alpha value is -3.93. The van der Waals surface area contributed by atoms with Crippen molar-refractivity contribution in [3.63, 3.8) is 0 Å². The molecule has 0 saturated carbocycles. The molecule has 9 nitrogen and oxygen atoms in total. The van der Waals surface area contributed by atoms with E-state index in [-0.39, 0.29) is 18.4 Å². The summed E-state index contributed by atoms with van der Waals surface area (Å²) in [5.41, 5.74) is 9.50. The van der Waals surface area contributed by atoms with Gasteiger partial charge < -0.3 is 26.6 Å². The SMILES string of the molecule is NCCCCC(=O)Nc1cccc(C(=O)NCC(C(=O)O)c2ccc3c(c2)CCC3)c1.O=C(O)C(F)(F)F. The van der Waals surface area contributed by atoms with Crippen molar-refractivity contribution in [1.82, 2.24) is 5.32 Å². The first-order valence-corrected chi connectivity index (χ1v) is 11.9. The largest absolute Gasteiger partial charge is 0.490 e. The fourth-order valence-corrected chi connectivity index (χ4v) is 3.84. The van der Waals surface area contributed by atoms with Crippen LogP contribution in [-0.4, -0.2) is 53.2 Å². The van der Waals surface area contributed by atoms with E-state index in [0.717, 1.165) is 25.7 Å². The molecule has 0 aromatic heterocycles. The highest BCUT2D eigenvalue weighted by molar-refractivity contribution is 5.97. The number of anilines is 1. The second-order valence-corrected chi connectivity index (χ2v) is 8.66. The molecule has 12 heteroatoms. The summed E-state index contributed by atoms with van der Waals surface area (Å²) in [6.07, 6.45) is -0.134. The molecule has 1 aliphatic carbocycles. The smallest absolute Gasteiger partial charge is 0.481 e. The molecule has 0 fully saturated rings. The van der Waals surface area contributed by atoms with Crippen molar-refractivity contribution in [3.8, 4) is 0 Å². The molecule has 1 unspecified atom stereocenters. The number of carboxylic acids is 2. The zero-order valence-electron chi connectivity index (χ0n) is 20.5. The van der Waals surface area contributed by atoms with Gasteiger partial charge in [-0.25, -0.2) is 4.79 Å². The third-order valence-corrected chi connectivity index (χ3v) is 5.80. The molecule has 0 aliphatic heterocycles. The second-order valence-electron chi connectivity index (χ2n) is 8.66. The van der Waals surface area contributed by atoms with Crippen LogP contribution in [0.5, 0.6) is 0 Å². The fourth-order valence-electron chi connectivity index (χ4n) is 3.84. The number of hydrogen-bond acceptors (Lipinski definition) is 5. The van der Waals surface area contributed by atoms with E-state index < -0.39 is 24.0 Å². The van der Waals surface area contributed by atoms with Crippen molar-refractivity contribution in [2.45, 2.75) is 50.6 Å². The summed E-state index contributed by atoms with van der Waals surface area (Å²) in [5, 5.41) is 22.3. The Morgan fingerprint density at radius 3 is 2.29 bits per heavy atom. The Labute approximate surface area is 217 Å². The lowest BCUT2D eigenvalue weighted by Crippen LogP contribution is -2.31. The molecule has 1 aliphatic rings. The first kappa shape index (κ1) is 30.3. The first-order chi connectivity index (χ1) is 17.9. The zero-order chi connectivity index (χ0) is 28.3. The van der Waals surface area contributed by atoms with Gasteiger partial charge in [-0.2, -0.15) is 13.2 Å². The minimum absolute atomic E-state index is 0.0113. The van der Waals surface area contributed by atoms with Gasteiger partial charge >= 0.3 is 18.1 Å². The number of nitrogens with two attached hydrogens (primary N) is 1. The van der Waals surface area contributed by atoms with Gasteiger partial charge in [-0.05, 0) is 73.5 Å². The maximum atomic E-state index is 12.6. The standard InChI is InChI=1S/C24H29N3O4.C2HF3O2/c25-12-2-1-9-22(28)27-20-8-4-7-19(14-20)23(29)26-15-21(24(30)31)18-11-10-16-5-3-6-17(16)13-18;3-2(4,5)1(6)7/h4,7-8,10-11,13-14,21H,1-3,5-6,9,12,15,25H2,(H,26,29)(H,27,28)(H,30,31);(H,6,7). The Balaban J connectivity index is 0.000000638. The summed E-state index contributed by atoms with van der Waals surface area (Å²) in [7, 11) is 0. The van der Waals surface area contributed by atoms with Gasteiger partial charge in [0.15, 0.2) is 0 Å². The normalized spacial score (nSPS) is 12.9. The van der Waals surface area contributed by atoms with Crippen molar-refractivity contribution in [1.29, 1.82) is 0 Å². The van der Waals surface area contributed by atoms with Crippen molar-refractivity contribution >= 4 is 29.4 Å². The molecule has 2 aromatic rings. The number of hydrogen-bond donors (Lipinski definition) is 5. The molecule has 6 N–H and O–H groups in total. The van der Waals surface area contributed by atoms with Gasteiger partial charge in [-0.15, -0.1) is 0 Å². The first-order valence-electron chi connectivity index (χ1n) is 11.9. The fraction of sp³-hybridized carbons (Fsp3) is 0.385. The van der Waals surface area contributed by atoms with Gasteiger partial charge in [0.2, 0.25) is 5.91 Å². The molecule has 206 valence electrons. The molecule has 2 amide bonds. The molecule has 0 heterocycles. The predicted molar refractivity (Wildman–Crippen MR) is 133 cm³/mol. The quantitative estimate of drug-likeness (QED) is 0.290. The van der Waals surface area contributed by atoms with Gasteiger partial charge in [-0.3, -0.25) is 14.4 Å². The summed E-state index contributed by atoms with van der Waals surface area (Å²) in [6, 6.07) is 12.4. The van der Waals surface area contributed by atoms with Crippen LogP contribution in [0.2, 0.25) is 0 Å². The van der Waals surface area contributed by atoms with Crippen LogP contribution in [-0.2, 0) is 27.2 Å². The number of carboxylic acid groups (broad SMARTS) is 2. The van der Waals surface area contributed by atoms with Crippen molar-refractivity contribution in [2.75, 3.05) is 18.4 Å². The van der Waals surface area contributed by atoms with Gasteiger partial charge in [0.1, 0.15) is 0 Å². The van der Waals surface area contributed by atoms with Crippen LogP contribution < -0.4 is 16.4 Å². The molecule has 0 radical (unpaired) electrons. The topological polar surface area (TPSA) is 159 Å². The molecule has 2 aromatic carbocycles. The highest BCUT2D eigenvalue weighted by Crippen LogP contribution is 2.26. The number of alkyl halides is 3. The van der Waals surface area contributed by atoms with E-state index in [1.807, 2.05) is 18.2 Å². The van der Waals surface area contributed by atoms with Crippen LogP contribution in [0.1, 0.15) is 58.6 Å². The number of unbranched alkanes of at least 4 members (excludes halogenated alkanes) is 1. The summed E-state index contributed by atoms with van der Waals surface area (Å²) in [5.74, 6) is -5.07. The van der Waals surface area contributed by atoms with Gasteiger partial charge in [0.05, 0.1) is 5.92 Å². The minimum Gasteiger partial charge on any atom is -0.481 e. The van der Waals surface area contributed by atoms with E-state index >= 15 is 0 Å². The molecule has 3 rings (SSSR count). The van der Waals surface area contributed by atoms with E-state index in [0.29, 0.717) is 36.2 Å². The number of nitrogens with one attached hydrogen (secondary N) is 2. The van der Waals surface area contributed by atoms with Crippen LogP contribution in [0.4, 0.5) is 18.9 Å². The van der Waals surface area contributed by atoms with E-state index in [1.54, 1.807) is 24.3 Å². The Bertz CT molecular complexity index is 1150. The summed E-state index contributed by atoms with van der Waals surface area (Å²) in [6.45, 7) is 0.536. The number of carbonyl (C=O) groups is 4. The second kappa shape index (κ2) is 14.1. The molecule has 0 bridgehead atoms. The number of fused-ring (bicyclic) bond motifs is 1. The van der Waals surface area contributed by atoms with Crippen molar-refractivity contribution in [2.24, 2.45) is 5.73 Å². The van der Waals surface area contributed by atoms with Crippen molar-refractivity contribution in [3.05, 3.63) is 64.7 Å². The highest BCUT2D eigenvalue weighted by atomic mass is 19.4. The third-order valence-electron chi connectivity index (χ3n) is 5.80. The summed E-state index contributed by atoms with van der Waals surface area (Å²) in [4.78, 5) is 45.3. The molecule has 0 saturated heterocycles. The summed E-state index contributed by atoms with van der Waals surface area (Å²) < 4.78 is 31.7. The monoisotopic (exact) mass is 537 g/mol. The van der Waals surface area contributed by atoms with Gasteiger partial charge in [0, 0.05) is 24.2 Å². The lowest BCUT2D eigenvalue weighted by molar-refractivity contribution is -0.192. The lowest BCUT2D eigenvalue weighted by Gasteiger charge is -2.15. The van der Waals surface area contributed by atoms with E-state index in [9.17, 15) is 32.7 Å². The van der Waals surface area contributed by atoms with E-state index in [4.69, 9.17) is 15.6 Å². The number of amides is 2. The van der Waals surface area contributed by atoms with Gasteiger partial charge in [0.25, 0.3) is 5.91 Å². The molecular formula is C26H30F3N3O6. The molecular weight excluding hydrogens is 507 g/mol. The predicted octanol–water partition coefficient (Wildman–Crippen LogP) is 3.47. The van der Waals surface area contributed by atoms with Crippen LogP contribution in [0, 0.1) is 0 Å². The third kappa shape index (κ3) is 9.51. The number of rotatable bonds is 10. The maximum absolute atomic E-state index is 12.6. The Morgan fingerprint density at radius 2 is 1.66 bits per heavy atom. The van der Waals surface area contributed by atoms with Crippen LogP contribution in [0.25, 0.3) is 0 Å². The van der Waals surface area contributed by atoms with Crippen LogP contribution >= 0.6 is 0 Å². The van der Waals surface area contributed by atoms with Crippen molar-refractivity contribution < 1.29 is 42.6 Å². The number of aryl methyl sites for hydroxylation is 2. The summed E-state index contributed by atoms with van der Waals surface area (Å²) >= 11 is 0. The Morgan fingerprint density at radius 1 is 0.974 bits per heavy atom. The zero-order valence-corrected chi connectivity index (χ0v) is 20.5.